The van der Waals surface area contributed by atoms with Crippen LogP contribution >= 0.6 is 0 Å². The number of Topliss-reactive ketones (excluding diaryl/α,β-unsaturated/α-hetero) is 1. The molecule has 0 aromatic heterocycles. The average Bonchev–Trinajstić information content (AvgIpc) is 2.47. The van der Waals surface area contributed by atoms with Crippen LogP contribution in [0.15, 0.2) is 0 Å². The van der Waals surface area contributed by atoms with Crippen molar-refractivity contribution in [3.63, 3.8) is 0 Å². The van der Waals surface area contributed by atoms with Crippen LogP contribution in [0.1, 0.15) is 97.8 Å². The fraction of sp³-hybridized carbons (Fsp3) is 0.895. The van der Waals surface area contributed by atoms with Crippen molar-refractivity contribution in [2.75, 3.05) is 6.61 Å². The zero-order valence-corrected chi connectivity index (χ0v) is 15.0. The summed E-state index contributed by atoms with van der Waals surface area (Å²) in [5, 5.41) is 0. The maximum atomic E-state index is 11.5. The Labute approximate surface area is 137 Å². The molecule has 3 heteroatoms. The first kappa shape index (κ1) is 21.1. The first-order valence-electron chi connectivity index (χ1n) is 9.21. The molecule has 0 fully saturated rings. The minimum atomic E-state index is -0.241. The molecule has 0 radical (unpaired) electrons. The van der Waals surface area contributed by atoms with Crippen LogP contribution in [-0.2, 0) is 14.3 Å². The number of carbonyl (C=O) groups is 2. The van der Waals surface area contributed by atoms with Crippen molar-refractivity contribution >= 4 is 11.8 Å². The molecule has 0 bridgehead atoms. The molecule has 0 spiro atoms. The zero-order chi connectivity index (χ0) is 16.6. The lowest BCUT2D eigenvalue weighted by atomic mass is 9.99. The highest BCUT2D eigenvalue weighted by Gasteiger charge is 2.10. The van der Waals surface area contributed by atoms with Crippen molar-refractivity contribution in [2.24, 2.45) is 5.92 Å². The molecule has 22 heavy (non-hydrogen) atoms. The predicted octanol–water partition coefficient (Wildman–Crippen LogP) is 5.46. The number of ether oxygens (including phenoxy) is 1. The fourth-order valence-corrected chi connectivity index (χ4v) is 2.61. The molecule has 0 N–H and O–H groups in total. The van der Waals surface area contributed by atoms with E-state index in [0.717, 1.165) is 6.42 Å². The highest BCUT2D eigenvalue weighted by atomic mass is 16.5. The van der Waals surface area contributed by atoms with Crippen LogP contribution in [0, 0.1) is 5.92 Å². The van der Waals surface area contributed by atoms with E-state index in [1.165, 1.54) is 71.1 Å². The summed E-state index contributed by atoms with van der Waals surface area (Å²) in [5.74, 6) is 0.0129. The minimum Gasteiger partial charge on any atom is -0.458 e. The average molecular weight is 312 g/mol. The Hall–Kier alpha value is -0.860. The number of hydrogen-bond acceptors (Lipinski definition) is 3. The Morgan fingerprint density at radius 1 is 0.864 bits per heavy atom. The highest BCUT2D eigenvalue weighted by Crippen LogP contribution is 2.16. The Balaban J connectivity index is 3.32. The van der Waals surface area contributed by atoms with Gasteiger partial charge < -0.3 is 4.74 Å². The second kappa shape index (κ2) is 15.1. The largest absolute Gasteiger partial charge is 0.458 e. The third kappa shape index (κ3) is 15.5. The van der Waals surface area contributed by atoms with E-state index >= 15 is 0 Å². The molecule has 0 heterocycles. The number of rotatable bonds is 15. The van der Waals surface area contributed by atoms with Crippen LogP contribution < -0.4 is 0 Å². The van der Waals surface area contributed by atoms with Crippen LogP contribution in [0.4, 0.5) is 0 Å². The number of unbranched alkanes of at least 4 members (excludes halogenated alkanes) is 9. The van der Waals surface area contributed by atoms with E-state index < -0.39 is 0 Å². The van der Waals surface area contributed by atoms with E-state index in [-0.39, 0.29) is 18.4 Å². The Morgan fingerprint density at radius 2 is 1.36 bits per heavy atom. The van der Waals surface area contributed by atoms with Gasteiger partial charge in [0.05, 0.1) is 0 Å². The lowest BCUT2D eigenvalue weighted by Crippen LogP contribution is -2.14. The lowest BCUT2D eigenvalue weighted by molar-refractivity contribution is -0.148. The standard InChI is InChI=1S/C19H36O3/c1-4-5-6-7-8-9-10-11-12-13-14-17(2)15-19(21)22-16-18(3)20/h17H,4-16H2,1-3H3. The van der Waals surface area contributed by atoms with Crippen molar-refractivity contribution in [1.29, 1.82) is 0 Å². The van der Waals surface area contributed by atoms with Crippen LogP contribution in [0.2, 0.25) is 0 Å². The van der Waals surface area contributed by atoms with E-state index in [1.54, 1.807) is 0 Å². The third-order valence-electron chi connectivity index (χ3n) is 4.00. The smallest absolute Gasteiger partial charge is 0.306 e. The lowest BCUT2D eigenvalue weighted by Gasteiger charge is -2.10. The van der Waals surface area contributed by atoms with E-state index in [1.807, 2.05) is 0 Å². The molecular weight excluding hydrogens is 276 g/mol. The zero-order valence-electron chi connectivity index (χ0n) is 15.0. The fourth-order valence-electron chi connectivity index (χ4n) is 2.61. The number of ketones is 1. The van der Waals surface area contributed by atoms with Crippen molar-refractivity contribution in [3.05, 3.63) is 0 Å². The van der Waals surface area contributed by atoms with Crippen LogP contribution in [-0.4, -0.2) is 18.4 Å². The quantitative estimate of drug-likeness (QED) is 0.298. The molecule has 0 aliphatic carbocycles. The van der Waals surface area contributed by atoms with E-state index in [2.05, 4.69) is 13.8 Å². The molecule has 0 aliphatic heterocycles. The van der Waals surface area contributed by atoms with Gasteiger partial charge >= 0.3 is 5.97 Å². The summed E-state index contributed by atoms with van der Waals surface area (Å²) in [5.41, 5.74) is 0. The number of hydrogen-bond donors (Lipinski definition) is 0. The number of esters is 1. The topological polar surface area (TPSA) is 43.4 Å². The normalized spacial score (nSPS) is 12.1. The Kier molecular flexibility index (Phi) is 14.5. The second-order valence-electron chi connectivity index (χ2n) is 6.64. The maximum Gasteiger partial charge on any atom is 0.306 e. The van der Waals surface area contributed by atoms with Crippen molar-refractivity contribution in [2.45, 2.75) is 97.8 Å². The SMILES string of the molecule is CCCCCCCCCCCCC(C)CC(=O)OCC(C)=O. The third-order valence-corrected chi connectivity index (χ3v) is 4.00. The molecule has 0 saturated heterocycles. The van der Waals surface area contributed by atoms with Crippen LogP contribution in [0.3, 0.4) is 0 Å². The molecule has 0 amide bonds. The van der Waals surface area contributed by atoms with E-state index in [9.17, 15) is 9.59 Å². The summed E-state index contributed by atoms with van der Waals surface area (Å²) in [4.78, 5) is 22.2. The van der Waals surface area contributed by atoms with Gasteiger partial charge in [-0.3, -0.25) is 9.59 Å². The van der Waals surface area contributed by atoms with Crippen molar-refractivity contribution < 1.29 is 14.3 Å². The van der Waals surface area contributed by atoms with E-state index in [4.69, 9.17) is 4.74 Å². The predicted molar refractivity (Wildman–Crippen MR) is 91.9 cm³/mol. The molecule has 0 aliphatic rings. The summed E-state index contributed by atoms with van der Waals surface area (Å²) in [6.45, 7) is 5.69. The van der Waals surface area contributed by atoms with Gasteiger partial charge in [0, 0.05) is 6.42 Å². The Bertz CT molecular complexity index is 286. The van der Waals surface area contributed by atoms with Gasteiger partial charge in [0.2, 0.25) is 0 Å². The molecule has 0 saturated carbocycles. The highest BCUT2D eigenvalue weighted by molar-refractivity contribution is 5.80. The summed E-state index contributed by atoms with van der Waals surface area (Å²) in [6.07, 6.45) is 14.9. The van der Waals surface area contributed by atoms with Gasteiger partial charge in [0.15, 0.2) is 5.78 Å². The molecule has 0 aromatic carbocycles. The molecule has 1 unspecified atom stereocenters. The van der Waals surface area contributed by atoms with Gasteiger partial charge in [-0.25, -0.2) is 0 Å². The summed E-state index contributed by atoms with van der Waals surface area (Å²) < 4.78 is 4.89. The Morgan fingerprint density at radius 3 is 1.86 bits per heavy atom. The maximum absolute atomic E-state index is 11.5. The summed E-state index contributed by atoms with van der Waals surface area (Å²) in [6, 6.07) is 0. The first-order chi connectivity index (χ1) is 10.6. The second-order valence-corrected chi connectivity index (χ2v) is 6.64. The first-order valence-corrected chi connectivity index (χ1v) is 9.21. The van der Waals surface area contributed by atoms with Gasteiger partial charge in [-0.05, 0) is 12.8 Å². The van der Waals surface area contributed by atoms with E-state index in [0.29, 0.717) is 12.3 Å². The van der Waals surface area contributed by atoms with Crippen LogP contribution in [0.5, 0.6) is 0 Å². The molecule has 3 nitrogen and oxygen atoms in total. The van der Waals surface area contributed by atoms with Gasteiger partial charge in [-0.15, -0.1) is 0 Å². The molecule has 130 valence electrons. The minimum absolute atomic E-state index is 0.0796. The summed E-state index contributed by atoms with van der Waals surface area (Å²) in [7, 11) is 0. The van der Waals surface area contributed by atoms with Crippen molar-refractivity contribution in [3.8, 4) is 0 Å². The molecule has 0 rings (SSSR count). The molecule has 0 aromatic rings. The molecule has 1 atom stereocenters. The van der Waals surface area contributed by atoms with Crippen molar-refractivity contribution in [1.82, 2.24) is 0 Å². The van der Waals surface area contributed by atoms with Crippen LogP contribution in [0.25, 0.3) is 0 Å². The van der Waals surface area contributed by atoms with Gasteiger partial charge in [-0.1, -0.05) is 84.5 Å². The molecular formula is C19H36O3. The van der Waals surface area contributed by atoms with Gasteiger partial charge in [0.1, 0.15) is 6.61 Å². The van der Waals surface area contributed by atoms with Gasteiger partial charge in [-0.2, -0.15) is 0 Å². The monoisotopic (exact) mass is 312 g/mol. The number of carbonyl (C=O) groups excluding carboxylic acids is 2. The summed E-state index contributed by atoms with van der Waals surface area (Å²) >= 11 is 0. The van der Waals surface area contributed by atoms with Gasteiger partial charge in [0.25, 0.3) is 0 Å².